The van der Waals surface area contributed by atoms with Crippen molar-refractivity contribution in [3.8, 4) is 0 Å². The molecule has 0 N–H and O–H groups in total. The number of hydrogen-bond donors (Lipinski definition) is 0. The summed E-state index contributed by atoms with van der Waals surface area (Å²) in [7, 11) is 0. The molecule has 0 saturated carbocycles. The van der Waals surface area contributed by atoms with E-state index in [1.54, 1.807) is 12.1 Å². The molecule has 0 aliphatic carbocycles. The molecule has 0 spiro atoms. The van der Waals surface area contributed by atoms with Gasteiger partial charge in [-0.15, -0.1) is 11.6 Å². The van der Waals surface area contributed by atoms with Crippen molar-refractivity contribution in [1.29, 1.82) is 0 Å². The first kappa shape index (κ1) is 13.8. The molecule has 1 nitrogen and oxygen atoms in total. The fourth-order valence-electron chi connectivity index (χ4n) is 1.61. The van der Waals surface area contributed by atoms with Crippen molar-refractivity contribution < 1.29 is 17.6 Å². The SMILES string of the molecule is Fc1cc(C(F)(F)F)ccc1[C@@H](Cl)c1cccnc1. The fraction of sp³-hybridized carbons (Fsp3) is 0.154. The van der Waals surface area contributed by atoms with E-state index in [1.165, 1.54) is 12.4 Å². The zero-order valence-electron chi connectivity index (χ0n) is 9.46. The molecule has 0 radical (unpaired) electrons. The van der Waals surface area contributed by atoms with Crippen LogP contribution in [0.5, 0.6) is 0 Å². The predicted octanol–water partition coefficient (Wildman–Crippen LogP) is 4.57. The summed E-state index contributed by atoms with van der Waals surface area (Å²) in [5, 5.41) is -0.879. The van der Waals surface area contributed by atoms with Gasteiger partial charge in [-0.1, -0.05) is 12.1 Å². The van der Waals surface area contributed by atoms with Crippen molar-refractivity contribution in [2.24, 2.45) is 0 Å². The second kappa shape index (κ2) is 5.17. The van der Waals surface area contributed by atoms with E-state index in [2.05, 4.69) is 4.98 Å². The summed E-state index contributed by atoms with van der Waals surface area (Å²) in [4.78, 5) is 3.83. The lowest BCUT2D eigenvalue weighted by atomic mass is 10.0. The van der Waals surface area contributed by atoms with Crippen LogP contribution in [0.25, 0.3) is 0 Å². The number of pyridine rings is 1. The van der Waals surface area contributed by atoms with Crippen LogP contribution in [0.4, 0.5) is 17.6 Å². The lowest BCUT2D eigenvalue weighted by molar-refractivity contribution is -0.137. The smallest absolute Gasteiger partial charge is 0.264 e. The summed E-state index contributed by atoms with van der Waals surface area (Å²) >= 11 is 6.04. The Bertz CT molecular complexity index is 569. The molecule has 0 unspecified atom stereocenters. The van der Waals surface area contributed by atoms with Crippen molar-refractivity contribution in [2.45, 2.75) is 11.6 Å². The van der Waals surface area contributed by atoms with Crippen molar-refractivity contribution in [2.75, 3.05) is 0 Å². The molecule has 0 amide bonds. The third kappa shape index (κ3) is 3.04. The van der Waals surface area contributed by atoms with Crippen molar-refractivity contribution in [3.63, 3.8) is 0 Å². The quantitative estimate of drug-likeness (QED) is 0.583. The van der Waals surface area contributed by atoms with E-state index in [-0.39, 0.29) is 5.56 Å². The van der Waals surface area contributed by atoms with Crippen LogP contribution in [0, 0.1) is 5.82 Å². The maximum atomic E-state index is 13.7. The molecule has 2 aromatic rings. The highest BCUT2D eigenvalue weighted by Crippen LogP contribution is 2.34. The molecule has 1 aromatic carbocycles. The molecule has 100 valence electrons. The first-order chi connectivity index (χ1) is 8.89. The molecule has 1 atom stereocenters. The van der Waals surface area contributed by atoms with Gasteiger partial charge < -0.3 is 0 Å². The third-order valence-electron chi connectivity index (χ3n) is 2.58. The maximum Gasteiger partial charge on any atom is 0.416 e. The van der Waals surface area contributed by atoms with Crippen LogP contribution in [-0.2, 0) is 6.18 Å². The second-order valence-electron chi connectivity index (χ2n) is 3.88. The van der Waals surface area contributed by atoms with Gasteiger partial charge in [0.15, 0.2) is 0 Å². The molecular weight excluding hydrogens is 282 g/mol. The standard InChI is InChI=1S/C13H8ClF4N/c14-12(8-2-1-5-19-7-8)10-4-3-9(6-11(10)15)13(16,17)18/h1-7,12H/t12-/m0/s1. The van der Waals surface area contributed by atoms with E-state index >= 15 is 0 Å². The van der Waals surface area contributed by atoms with Crippen LogP contribution in [0.3, 0.4) is 0 Å². The predicted molar refractivity (Wildman–Crippen MR) is 63.3 cm³/mol. The van der Waals surface area contributed by atoms with Gasteiger partial charge in [0.1, 0.15) is 5.82 Å². The van der Waals surface area contributed by atoms with Crippen LogP contribution in [0.2, 0.25) is 0 Å². The third-order valence-corrected chi connectivity index (χ3v) is 3.06. The Kier molecular flexibility index (Phi) is 3.75. The van der Waals surface area contributed by atoms with Crippen LogP contribution in [-0.4, -0.2) is 4.98 Å². The normalized spacial score (nSPS) is 13.3. The Morgan fingerprint density at radius 3 is 2.42 bits per heavy atom. The van der Waals surface area contributed by atoms with Crippen LogP contribution < -0.4 is 0 Å². The second-order valence-corrected chi connectivity index (χ2v) is 4.32. The fourth-order valence-corrected chi connectivity index (χ4v) is 1.92. The van der Waals surface area contributed by atoms with Gasteiger partial charge in [0.25, 0.3) is 0 Å². The first-order valence-electron chi connectivity index (χ1n) is 5.30. The van der Waals surface area contributed by atoms with E-state index in [9.17, 15) is 17.6 Å². The highest BCUT2D eigenvalue weighted by Gasteiger charge is 2.31. The van der Waals surface area contributed by atoms with Crippen molar-refractivity contribution >= 4 is 11.6 Å². The molecule has 0 aliphatic heterocycles. The van der Waals surface area contributed by atoms with Gasteiger partial charge in [-0.2, -0.15) is 13.2 Å². The molecule has 0 fully saturated rings. The lowest BCUT2D eigenvalue weighted by Crippen LogP contribution is -2.07. The van der Waals surface area contributed by atoms with E-state index in [1.807, 2.05) is 0 Å². The largest absolute Gasteiger partial charge is 0.416 e. The minimum atomic E-state index is -4.57. The highest BCUT2D eigenvalue weighted by molar-refractivity contribution is 6.22. The molecule has 0 aliphatic rings. The van der Waals surface area contributed by atoms with Gasteiger partial charge in [-0.3, -0.25) is 4.98 Å². The van der Waals surface area contributed by atoms with Gasteiger partial charge in [-0.05, 0) is 23.8 Å². The van der Waals surface area contributed by atoms with Gasteiger partial charge >= 0.3 is 6.18 Å². The number of alkyl halides is 4. The van der Waals surface area contributed by atoms with Gasteiger partial charge in [0.2, 0.25) is 0 Å². The zero-order chi connectivity index (χ0) is 14.0. The Labute approximate surface area is 111 Å². The molecule has 1 aromatic heterocycles. The first-order valence-corrected chi connectivity index (χ1v) is 5.74. The van der Waals surface area contributed by atoms with E-state index in [4.69, 9.17) is 11.6 Å². The molecular formula is C13H8ClF4N. The zero-order valence-corrected chi connectivity index (χ0v) is 10.2. The van der Waals surface area contributed by atoms with Gasteiger partial charge in [0.05, 0.1) is 10.9 Å². The Balaban J connectivity index is 2.37. The molecule has 2 rings (SSSR count). The number of aromatic nitrogens is 1. The van der Waals surface area contributed by atoms with Crippen LogP contribution >= 0.6 is 11.6 Å². The molecule has 6 heteroatoms. The summed E-state index contributed by atoms with van der Waals surface area (Å²) in [5.74, 6) is -0.987. The number of rotatable bonds is 2. The summed E-state index contributed by atoms with van der Waals surface area (Å²) in [6.07, 6.45) is -1.61. The van der Waals surface area contributed by atoms with Gasteiger partial charge in [-0.25, -0.2) is 4.39 Å². The molecule has 19 heavy (non-hydrogen) atoms. The molecule has 1 heterocycles. The highest BCUT2D eigenvalue weighted by atomic mass is 35.5. The van der Waals surface area contributed by atoms with Crippen molar-refractivity contribution in [1.82, 2.24) is 4.98 Å². The number of hydrogen-bond acceptors (Lipinski definition) is 1. The summed E-state index contributed by atoms with van der Waals surface area (Å²) in [6.45, 7) is 0. The minimum absolute atomic E-state index is 0.0114. The monoisotopic (exact) mass is 289 g/mol. The van der Waals surface area contributed by atoms with Gasteiger partial charge in [0, 0.05) is 18.0 Å². The number of benzene rings is 1. The average molecular weight is 290 g/mol. The summed E-state index contributed by atoms with van der Waals surface area (Å²) < 4.78 is 51.0. The summed E-state index contributed by atoms with van der Waals surface area (Å²) in [6, 6.07) is 5.54. The summed E-state index contributed by atoms with van der Waals surface area (Å²) in [5.41, 5.74) is -0.533. The minimum Gasteiger partial charge on any atom is -0.264 e. The van der Waals surface area contributed by atoms with Crippen LogP contribution in [0.1, 0.15) is 22.1 Å². The Hall–Kier alpha value is -1.62. The lowest BCUT2D eigenvalue weighted by Gasteiger charge is -2.13. The Morgan fingerprint density at radius 1 is 1.16 bits per heavy atom. The number of halogens is 5. The molecule has 0 bridgehead atoms. The van der Waals surface area contributed by atoms with E-state index < -0.39 is 22.9 Å². The van der Waals surface area contributed by atoms with Crippen molar-refractivity contribution in [3.05, 3.63) is 65.2 Å². The maximum absolute atomic E-state index is 13.7. The van der Waals surface area contributed by atoms with E-state index in [0.29, 0.717) is 11.6 Å². The average Bonchev–Trinajstić information content (AvgIpc) is 2.38. The number of nitrogens with zero attached hydrogens (tertiary/aromatic N) is 1. The topological polar surface area (TPSA) is 12.9 Å². The molecule has 0 saturated heterocycles. The Morgan fingerprint density at radius 2 is 1.89 bits per heavy atom. The van der Waals surface area contributed by atoms with E-state index in [0.717, 1.165) is 12.1 Å². The van der Waals surface area contributed by atoms with Crippen LogP contribution in [0.15, 0.2) is 42.7 Å².